The van der Waals surface area contributed by atoms with Gasteiger partial charge in [0, 0.05) is 52.9 Å². The minimum Gasteiger partial charge on any atom is -0.507 e. The van der Waals surface area contributed by atoms with Crippen LogP contribution in [0.5, 0.6) is 11.5 Å². The van der Waals surface area contributed by atoms with E-state index in [9.17, 15) is 42.6 Å². The molecule has 4 aromatic rings. The van der Waals surface area contributed by atoms with Gasteiger partial charge in [-0.3, -0.25) is 24.0 Å². The fraction of sp³-hybridized carbons (Fsp3) is 0.311. The van der Waals surface area contributed by atoms with E-state index < -0.39 is 69.6 Å². The van der Waals surface area contributed by atoms with Gasteiger partial charge in [0.1, 0.15) is 35.7 Å². The quantitative estimate of drug-likeness (QED) is 0.0949. The normalized spacial score (nSPS) is 17.8. The molecule has 1 heterocycles. The molecular formula is C45H51ClN6O9S. The maximum absolute atomic E-state index is 14.5. The highest BCUT2D eigenvalue weighted by Crippen LogP contribution is 2.39. The van der Waals surface area contributed by atoms with Crippen molar-refractivity contribution in [1.29, 1.82) is 0 Å². The summed E-state index contributed by atoms with van der Waals surface area (Å²) in [4.78, 5) is 71.1. The molecule has 4 aromatic carbocycles. The van der Waals surface area contributed by atoms with Crippen LogP contribution in [0.4, 0.5) is 0 Å². The monoisotopic (exact) mass is 886 g/mol. The molecule has 0 saturated heterocycles. The second kappa shape index (κ2) is 20.6. The van der Waals surface area contributed by atoms with Gasteiger partial charge >= 0.3 is 0 Å². The molecule has 1 aliphatic heterocycles. The summed E-state index contributed by atoms with van der Waals surface area (Å²) in [5.74, 6) is -3.91. The van der Waals surface area contributed by atoms with Gasteiger partial charge in [-0.05, 0) is 110 Å². The minimum atomic E-state index is -3.49. The molecular weight excluding hydrogens is 836 g/mol. The number of nitrogens with one attached hydrogen (secondary N) is 4. The van der Waals surface area contributed by atoms with Gasteiger partial charge in [0.25, 0.3) is 5.91 Å². The van der Waals surface area contributed by atoms with E-state index in [1.54, 1.807) is 49.4 Å². The SMILES string of the molecule is C[C@@H]1NC(=O)[C@@H](N(C)C(=O)[C@H](CCCCN)NC(=O)c2ccc(-c3ccc(Cl)cc3)cc2)c2ccc(O)c(c2)-c2cc(ccc2O)C[C@@H](C(=O)N[C@@H](C)/C=C\S(C)(=O)=O)NC1=O. The van der Waals surface area contributed by atoms with Gasteiger partial charge in [-0.15, -0.1) is 0 Å². The Morgan fingerprint density at radius 2 is 1.50 bits per heavy atom. The molecule has 5 amide bonds. The first-order valence-corrected chi connectivity index (χ1v) is 22.3. The topological polar surface area (TPSA) is 237 Å². The van der Waals surface area contributed by atoms with Crippen molar-refractivity contribution in [3.63, 3.8) is 0 Å². The number of likely N-dealkylation sites (N-methyl/N-ethyl adjacent to an activating group) is 1. The van der Waals surface area contributed by atoms with Crippen molar-refractivity contribution in [2.24, 2.45) is 5.73 Å². The van der Waals surface area contributed by atoms with Crippen molar-refractivity contribution in [3.8, 4) is 33.8 Å². The number of sulfone groups is 1. The Bertz CT molecular complexity index is 2440. The molecule has 8 N–H and O–H groups in total. The van der Waals surface area contributed by atoms with Gasteiger partial charge in [0.2, 0.25) is 23.6 Å². The molecule has 0 aromatic heterocycles. The van der Waals surface area contributed by atoms with E-state index in [0.717, 1.165) is 27.7 Å². The van der Waals surface area contributed by atoms with Crippen LogP contribution in [0.15, 0.2) is 96.4 Å². The number of hydrogen-bond donors (Lipinski definition) is 7. The van der Waals surface area contributed by atoms with Gasteiger partial charge in [0.05, 0.1) is 0 Å². The van der Waals surface area contributed by atoms with E-state index >= 15 is 0 Å². The van der Waals surface area contributed by atoms with Gasteiger partial charge in [-0.1, -0.05) is 54.1 Å². The number of halogens is 1. The van der Waals surface area contributed by atoms with E-state index in [2.05, 4.69) is 21.3 Å². The third-order valence-corrected chi connectivity index (χ3v) is 11.3. The van der Waals surface area contributed by atoms with Gasteiger partial charge in [-0.2, -0.15) is 0 Å². The first kappa shape index (κ1) is 46.8. The highest BCUT2D eigenvalue weighted by Gasteiger charge is 2.36. The lowest BCUT2D eigenvalue weighted by Gasteiger charge is -2.32. The number of nitrogens with two attached hydrogens (primary N) is 1. The van der Waals surface area contributed by atoms with Gasteiger partial charge in [-0.25, -0.2) is 8.42 Å². The molecule has 328 valence electrons. The molecule has 0 fully saturated rings. The van der Waals surface area contributed by atoms with Gasteiger partial charge < -0.3 is 42.1 Å². The first-order chi connectivity index (χ1) is 29.3. The zero-order valence-electron chi connectivity index (χ0n) is 34.7. The summed E-state index contributed by atoms with van der Waals surface area (Å²) in [6, 6.07) is 16.9. The lowest BCUT2D eigenvalue weighted by atomic mass is 9.93. The number of aromatic hydroxyl groups is 2. The third kappa shape index (κ3) is 12.2. The molecule has 62 heavy (non-hydrogen) atoms. The average molecular weight is 887 g/mol. The number of nitrogens with zero attached hydrogens (tertiary/aromatic N) is 1. The van der Waals surface area contributed by atoms with Crippen LogP contribution in [0, 0.1) is 0 Å². The Morgan fingerprint density at radius 1 is 0.887 bits per heavy atom. The van der Waals surface area contributed by atoms with Crippen molar-refractivity contribution in [3.05, 3.63) is 118 Å². The number of phenols is 2. The summed E-state index contributed by atoms with van der Waals surface area (Å²) < 4.78 is 23.3. The molecule has 5 atom stereocenters. The van der Waals surface area contributed by atoms with Crippen molar-refractivity contribution < 1.29 is 42.6 Å². The standard InChI is InChI=1S/C45H51ClN6O9S/c1-26(20-22-62(4,60)61)48-43(57)37-24-28-8-18-38(53)34(23-28)35-25-32(15-19-39(35)54)40(44(58)49-27(2)41(55)51-37)52(3)45(59)36(7-5-6-21-47)50-42(56)31-11-9-29(10-12-31)30-13-16-33(46)17-14-30/h8-20,22-23,25-27,36-37,40,53-54H,5-7,21,24,47H2,1-4H3,(H,48,57)(H,49,58)(H,50,56)(H,51,55)/b22-20-/t26-,27-,36-,37-,40-/m0/s1. The second-order valence-corrected chi connectivity index (χ2v) is 17.7. The summed E-state index contributed by atoms with van der Waals surface area (Å²) in [6.07, 6.45) is 3.38. The molecule has 0 radical (unpaired) electrons. The van der Waals surface area contributed by atoms with Crippen LogP contribution in [0.1, 0.15) is 60.6 Å². The largest absolute Gasteiger partial charge is 0.507 e. The van der Waals surface area contributed by atoms with E-state index in [-0.39, 0.29) is 46.6 Å². The smallest absolute Gasteiger partial charge is 0.251 e. The van der Waals surface area contributed by atoms with Crippen LogP contribution >= 0.6 is 11.6 Å². The second-order valence-electron chi connectivity index (χ2n) is 15.3. The fourth-order valence-electron chi connectivity index (χ4n) is 6.97. The summed E-state index contributed by atoms with van der Waals surface area (Å²) in [6.45, 7) is 3.29. The van der Waals surface area contributed by atoms with Crippen LogP contribution in [0.3, 0.4) is 0 Å². The number of carbonyl (C=O) groups is 5. The highest BCUT2D eigenvalue weighted by molar-refractivity contribution is 7.93. The zero-order valence-corrected chi connectivity index (χ0v) is 36.3. The minimum absolute atomic E-state index is 0.0991. The van der Waals surface area contributed by atoms with Crippen molar-refractivity contribution in [2.75, 3.05) is 19.8 Å². The third-order valence-electron chi connectivity index (χ3n) is 10.4. The van der Waals surface area contributed by atoms with Crippen LogP contribution in [-0.4, -0.2) is 97.1 Å². The first-order valence-electron chi connectivity index (χ1n) is 19.9. The van der Waals surface area contributed by atoms with E-state index in [1.165, 1.54) is 50.4 Å². The Hall–Kier alpha value is -6.23. The summed E-state index contributed by atoms with van der Waals surface area (Å²) in [5, 5.41) is 34.5. The Balaban J connectivity index is 1.49. The Kier molecular flexibility index (Phi) is 15.5. The number of carbonyl (C=O) groups excluding carboxylic acids is 5. The average Bonchev–Trinajstić information content (AvgIpc) is 3.23. The summed E-state index contributed by atoms with van der Waals surface area (Å²) in [7, 11) is -2.11. The number of benzene rings is 4. The maximum Gasteiger partial charge on any atom is 0.251 e. The number of phenolic OH excluding ortho intramolecular Hbond substituents is 2. The van der Waals surface area contributed by atoms with E-state index in [0.29, 0.717) is 30.0 Å². The molecule has 1 aliphatic rings. The number of rotatable bonds is 13. The van der Waals surface area contributed by atoms with Crippen LogP contribution in [0.2, 0.25) is 5.02 Å². The lowest BCUT2D eigenvalue weighted by Crippen LogP contribution is -2.56. The lowest BCUT2D eigenvalue weighted by molar-refractivity contribution is -0.141. The molecule has 5 rings (SSSR count). The fourth-order valence-corrected chi connectivity index (χ4v) is 7.62. The predicted molar refractivity (Wildman–Crippen MR) is 237 cm³/mol. The molecule has 0 saturated carbocycles. The van der Waals surface area contributed by atoms with Crippen LogP contribution in [-0.2, 0) is 35.4 Å². The molecule has 17 heteroatoms. The Labute approximate surface area is 365 Å². The number of amides is 5. The van der Waals surface area contributed by atoms with Crippen LogP contribution < -0.4 is 27.0 Å². The number of unbranched alkanes of at least 4 members (excludes halogenated alkanes) is 1. The van der Waals surface area contributed by atoms with E-state index in [4.69, 9.17) is 17.3 Å². The highest BCUT2D eigenvalue weighted by atomic mass is 35.5. The summed E-state index contributed by atoms with van der Waals surface area (Å²) >= 11 is 6.04. The van der Waals surface area contributed by atoms with Crippen molar-refractivity contribution >= 4 is 51.0 Å². The van der Waals surface area contributed by atoms with Crippen molar-refractivity contribution in [1.82, 2.24) is 26.2 Å². The molecule has 15 nitrogen and oxygen atoms in total. The predicted octanol–water partition coefficient (Wildman–Crippen LogP) is 4.12. The van der Waals surface area contributed by atoms with E-state index in [1.807, 2.05) is 12.1 Å². The van der Waals surface area contributed by atoms with Crippen molar-refractivity contribution in [2.45, 2.75) is 69.7 Å². The number of hydrogen-bond acceptors (Lipinski definition) is 10. The summed E-state index contributed by atoms with van der Waals surface area (Å²) in [5.41, 5.74) is 8.70. The van der Waals surface area contributed by atoms with Crippen LogP contribution in [0.25, 0.3) is 22.3 Å². The number of fused-ring (bicyclic) bond motifs is 5. The maximum atomic E-state index is 14.5. The molecule has 4 bridgehead atoms. The molecule has 0 spiro atoms. The zero-order chi connectivity index (χ0) is 45.3. The van der Waals surface area contributed by atoms with Gasteiger partial charge in [0.15, 0.2) is 9.84 Å². The molecule has 0 unspecified atom stereocenters. The molecule has 0 aliphatic carbocycles. The Morgan fingerprint density at radius 3 is 2.13 bits per heavy atom.